The fourth-order valence-corrected chi connectivity index (χ4v) is 4.71. The molecule has 0 fully saturated rings. The molecule has 0 aliphatic heterocycles. The van der Waals surface area contributed by atoms with E-state index >= 15 is 0 Å². The first-order valence-corrected chi connectivity index (χ1v) is 11.8. The van der Waals surface area contributed by atoms with Crippen molar-refractivity contribution in [2.75, 3.05) is 11.8 Å². The number of fused-ring (bicyclic) bond motifs is 2. The van der Waals surface area contributed by atoms with Crippen molar-refractivity contribution in [2.45, 2.75) is 4.90 Å². The molecule has 12 heteroatoms. The van der Waals surface area contributed by atoms with Gasteiger partial charge in [0, 0.05) is 36.8 Å². The number of sulfonamides is 1. The smallest absolute Gasteiger partial charge is 0.264 e. The van der Waals surface area contributed by atoms with Gasteiger partial charge in [-0.05, 0) is 46.2 Å². The number of hydrogen-bond acceptors (Lipinski definition) is 10. The summed E-state index contributed by atoms with van der Waals surface area (Å²) in [6.45, 7) is 0. The molecule has 35 heavy (non-hydrogen) atoms. The Morgan fingerprint density at radius 3 is 2.74 bits per heavy atom. The molecule has 5 aromatic rings. The molecule has 0 amide bonds. The average molecular weight is 487 g/mol. The predicted molar refractivity (Wildman–Crippen MR) is 132 cm³/mol. The van der Waals surface area contributed by atoms with Crippen molar-refractivity contribution in [3.05, 3.63) is 72.9 Å². The minimum atomic E-state index is -3.97. The Morgan fingerprint density at radius 1 is 1.03 bits per heavy atom. The molecule has 2 aromatic carbocycles. The van der Waals surface area contributed by atoms with Gasteiger partial charge in [0.05, 0.1) is 34.8 Å². The standard InChI is InChI=1S/C23H18N8O3S/c1-25-10-16(9-24)21-13-27-18-6-5-14(8-20(18)28-21)15-7-17(12-26-11-15)31-35(32,33)22-4-2-3-19-23(22)30-34-29-19/h2-13,31H,24H2,1H3. The largest absolute Gasteiger partial charge is 0.404 e. The van der Waals surface area contributed by atoms with Gasteiger partial charge in [0.2, 0.25) is 0 Å². The van der Waals surface area contributed by atoms with E-state index in [1.165, 1.54) is 18.5 Å². The van der Waals surface area contributed by atoms with Crippen LogP contribution in [0.4, 0.5) is 5.69 Å². The number of hydrogen-bond donors (Lipinski definition) is 2. The summed E-state index contributed by atoms with van der Waals surface area (Å²) >= 11 is 0. The van der Waals surface area contributed by atoms with Crippen molar-refractivity contribution in [1.29, 1.82) is 0 Å². The number of aliphatic imine (C=N–C) groups is 1. The second-order valence-electron chi connectivity index (χ2n) is 7.42. The Hall–Kier alpha value is -4.71. The Morgan fingerprint density at radius 2 is 1.91 bits per heavy atom. The fourth-order valence-electron chi connectivity index (χ4n) is 3.53. The molecule has 0 spiro atoms. The quantitative estimate of drug-likeness (QED) is 0.343. The molecule has 0 saturated heterocycles. The van der Waals surface area contributed by atoms with Gasteiger partial charge in [-0.25, -0.2) is 18.0 Å². The third-order valence-corrected chi connectivity index (χ3v) is 6.56. The summed E-state index contributed by atoms with van der Waals surface area (Å²) in [6.07, 6.45) is 7.71. The van der Waals surface area contributed by atoms with Gasteiger partial charge in [-0.1, -0.05) is 12.1 Å². The molecule has 0 aliphatic carbocycles. The molecule has 0 radical (unpaired) electrons. The Kier molecular flexibility index (Phi) is 5.63. The van der Waals surface area contributed by atoms with Crippen molar-refractivity contribution in [3.63, 3.8) is 0 Å². The van der Waals surface area contributed by atoms with E-state index in [2.05, 4.69) is 39.6 Å². The lowest BCUT2D eigenvalue weighted by Gasteiger charge is -2.10. The normalized spacial score (nSPS) is 12.5. The van der Waals surface area contributed by atoms with Crippen LogP contribution in [0.3, 0.4) is 0 Å². The molecule has 5 rings (SSSR count). The highest BCUT2D eigenvalue weighted by molar-refractivity contribution is 7.93. The number of nitrogens with zero attached hydrogens (tertiary/aromatic N) is 6. The molecule has 3 aromatic heterocycles. The summed E-state index contributed by atoms with van der Waals surface area (Å²) in [4.78, 5) is 17.2. The number of nitrogens with two attached hydrogens (primary N) is 1. The van der Waals surface area contributed by atoms with E-state index in [1.54, 1.807) is 43.9 Å². The van der Waals surface area contributed by atoms with E-state index in [-0.39, 0.29) is 16.1 Å². The van der Waals surface area contributed by atoms with Gasteiger partial charge in [-0.3, -0.25) is 19.7 Å². The Labute approximate surface area is 199 Å². The van der Waals surface area contributed by atoms with Crippen molar-refractivity contribution < 1.29 is 13.0 Å². The maximum atomic E-state index is 13.0. The summed E-state index contributed by atoms with van der Waals surface area (Å²) < 4.78 is 33.3. The second-order valence-corrected chi connectivity index (χ2v) is 9.07. The first kappa shape index (κ1) is 22.1. The third kappa shape index (κ3) is 4.29. The number of aromatic nitrogens is 5. The topological polar surface area (TPSA) is 162 Å². The first-order valence-electron chi connectivity index (χ1n) is 10.3. The average Bonchev–Trinajstić information content (AvgIpc) is 3.35. The van der Waals surface area contributed by atoms with E-state index in [1.807, 2.05) is 18.2 Å². The molecular weight excluding hydrogens is 468 g/mol. The maximum Gasteiger partial charge on any atom is 0.264 e. The Balaban J connectivity index is 1.49. The molecule has 0 aliphatic rings. The van der Waals surface area contributed by atoms with Crippen LogP contribution in [0.1, 0.15) is 5.69 Å². The van der Waals surface area contributed by atoms with E-state index < -0.39 is 10.0 Å². The van der Waals surface area contributed by atoms with Crippen molar-refractivity contribution >= 4 is 49.6 Å². The number of pyridine rings is 1. The van der Waals surface area contributed by atoms with Crippen LogP contribution in [0.2, 0.25) is 0 Å². The summed E-state index contributed by atoms with van der Waals surface area (Å²) in [5.41, 5.74) is 10.5. The van der Waals surface area contributed by atoms with Gasteiger partial charge < -0.3 is 5.73 Å². The molecule has 0 bridgehead atoms. The zero-order chi connectivity index (χ0) is 24.4. The van der Waals surface area contributed by atoms with E-state index in [4.69, 9.17) is 5.73 Å². The monoisotopic (exact) mass is 486 g/mol. The number of rotatable bonds is 6. The lowest BCUT2D eigenvalue weighted by Crippen LogP contribution is -2.13. The zero-order valence-electron chi connectivity index (χ0n) is 18.3. The van der Waals surface area contributed by atoms with Crippen molar-refractivity contribution in [1.82, 2.24) is 25.3 Å². The molecule has 0 atom stereocenters. The van der Waals surface area contributed by atoms with Crippen LogP contribution in [-0.2, 0) is 10.0 Å². The summed E-state index contributed by atoms with van der Waals surface area (Å²) in [5, 5.41) is 7.40. The molecule has 174 valence electrons. The summed E-state index contributed by atoms with van der Waals surface area (Å²) in [7, 11) is -2.33. The van der Waals surface area contributed by atoms with Crippen molar-refractivity contribution in [3.8, 4) is 11.1 Å². The zero-order valence-corrected chi connectivity index (χ0v) is 19.1. The predicted octanol–water partition coefficient (Wildman–Crippen LogP) is 3.03. The number of nitrogens with one attached hydrogen (secondary N) is 1. The lowest BCUT2D eigenvalue weighted by molar-refractivity contribution is 0.315. The van der Waals surface area contributed by atoms with Gasteiger partial charge in [0.1, 0.15) is 10.4 Å². The van der Waals surface area contributed by atoms with Gasteiger partial charge in [-0.2, -0.15) is 0 Å². The van der Waals surface area contributed by atoms with Gasteiger partial charge in [0.15, 0.2) is 5.52 Å². The minimum Gasteiger partial charge on any atom is -0.404 e. The molecule has 11 nitrogen and oxygen atoms in total. The number of anilines is 1. The molecular formula is C23H18N8O3S. The van der Waals surface area contributed by atoms with E-state index in [9.17, 15) is 8.42 Å². The second kappa shape index (κ2) is 8.91. The maximum absolute atomic E-state index is 13.0. The SMILES string of the molecule is CN=CC(=CN)c1cnc2ccc(-c3cncc(NS(=O)(=O)c4cccc5nonc45)c3)cc2n1. The minimum absolute atomic E-state index is 0.0467. The molecule has 3 heterocycles. The van der Waals surface area contributed by atoms with Crippen LogP contribution in [0.5, 0.6) is 0 Å². The highest BCUT2D eigenvalue weighted by Gasteiger charge is 2.21. The van der Waals surface area contributed by atoms with Crippen molar-refractivity contribution in [2.24, 2.45) is 10.7 Å². The summed E-state index contributed by atoms with van der Waals surface area (Å²) in [6, 6.07) is 11.8. The first-order chi connectivity index (χ1) is 17.0. The number of benzene rings is 2. The lowest BCUT2D eigenvalue weighted by atomic mass is 10.1. The molecule has 3 N–H and O–H groups in total. The van der Waals surface area contributed by atoms with E-state index in [0.29, 0.717) is 33.4 Å². The van der Waals surface area contributed by atoms with Crippen LogP contribution in [0.15, 0.2) is 81.8 Å². The van der Waals surface area contributed by atoms with E-state index in [0.717, 1.165) is 5.56 Å². The molecule has 0 unspecified atom stereocenters. The highest BCUT2D eigenvalue weighted by atomic mass is 32.2. The van der Waals surface area contributed by atoms with Gasteiger partial charge >= 0.3 is 0 Å². The molecule has 0 saturated carbocycles. The Bertz CT molecular complexity index is 1730. The van der Waals surface area contributed by atoms with Crippen LogP contribution in [-0.4, -0.2) is 46.9 Å². The third-order valence-electron chi connectivity index (χ3n) is 5.15. The van der Waals surface area contributed by atoms with Gasteiger partial charge in [-0.15, -0.1) is 0 Å². The number of allylic oxidation sites excluding steroid dienone is 1. The van der Waals surface area contributed by atoms with Crippen LogP contribution < -0.4 is 10.5 Å². The fraction of sp³-hybridized carbons (Fsp3) is 0.0435. The summed E-state index contributed by atoms with van der Waals surface area (Å²) in [5.74, 6) is 0. The van der Waals surface area contributed by atoms with Crippen LogP contribution in [0.25, 0.3) is 38.8 Å². The highest BCUT2D eigenvalue weighted by Crippen LogP contribution is 2.27. The van der Waals surface area contributed by atoms with Crippen LogP contribution >= 0.6 is 0 Å². The van der Waals surface area contributed by atoms with Crippen LogP contribution in [0, 0.1) is 0 Å². The van der Waals surface area contributed by atoms with Gasteiger partial charge in [0.25, 0.3) is 10.0 Å².